The Hall–Kier alpha value is -2.37. The zero-order valence-corrected chi connectivity index (χ0v) is 18.7. The van der Waals surface area contributed by atoms with Gasteiger partial charge in [0.25, 0.3) is 0 Å². The first kappa shape index (κ1) is 21.3. The van der Waals surface area contributed by atoms with E-state index < -0.39 is 0 Å². The fourth-order valence-electron chi connectivity index (χ4n) is 3.06. The van der Waals surface area contributed by atoms with E-state index in [1.54, 1.807) is 6.07 Å². The fourth-order valence-corrected chi connectivity index (χ4v) is 4.02. The smallest absolute Gasteiger partial charge is 0.226 e. The number of hydrogen-bond acceptors (Lipinski definition) is 4. The van der Waals surface area contributed by atoms with Crippen molar-refractivity contribution in [2.45, 2.75) is 40.5 Å². The first-order valence-electron chi connectivity index (χ1n) is 9.56. The van der Waals surface area contributed by atoms with Crippen LogP contribution in [0, 0.1) is 27.7 Å². The second-order valence-electron chi connectivity index (χ2n) is 7.20. The van der Waals surface area contributed by atoms with Gasteiger partial charge in [0.15, 0.2) is 5.13 Å². The Morgan fingerprint density at radius 1 is 1.07 bits per heavy atom. The highest BCUT2D eigenvalue weighted by molar-refractivity contribution is 7.14. The number of benzene rings is 2. The van der Waals surface area contributed by atoms with E-state index in [9.17, 15) is 4.79 Å². The van der Waals surface area contributed by atoms with Gasteiger partial charge in [0.1, 0.15) is 5.75 Å². The molecular formula is C23H25ClN2O2S. The number of carbonyl (C=O) groups is 1. The average Bonchev–Trinajstić information content (AvgIpc) is 3.11. The van der Waals surface area contributed by atoms with Crippen molar-refractivity contribution in [1.82, 2.24) is 4.98 Å². The lowest BCUT2D eigenvalue weighted by molar-refractivity contribution is -0.116. The molecule has 0 radical (unpaired) electrons. The number of halogens is 1. The van der Waals surface area contributed by atoms with Crippen LogP contribution >= 0.6 is 22.9 Å². The van der Waals surface area contributed by atoms with Gasteiger partial charge in [-0.1, -0.05) is 17.7 Å². The van der Waals surface area contributed by atoms with E-state index in [4.69, 9.17) is 16.3 Å². The van der Waals surface area contributed by atoms with Crippen LogP contribution in [0.25, 0.3) is 11.3 Å². The third-order valence-electron chi connectivity index (χ3n) is 4.81. The molecule has 0 saturated heterocycles. The largest absolute Gasteiger partial charge is 0.493 e. The Labute approximate surface area is 180 Å². The molecule has 0 atom stereocenters. The van der Waals surface area contributed by atoms with Gasteiger partial charge in [-0.05, 0) is 80.6 Å². The van der Waals surface area contributed by atoms with Crippen LogP contribution in [0.2, 0.25) is 5.02 Å². The van der Waals surface area contributed by atoms with Crippen LogP contribution in [-0.4, -0.2) is 17.5 Å². The number of ether oxygens (including phenoxy) is 1. The Balaban J connectivity index is 1.51. The van der Waals surface area contributed by atoms with E-state index in [-0.39, 0.29) is 5.91 Å². The van der Waals surface area contributed by atoms with Crippen molar-refractivity contribution in [2.75, 3.05) is 11.9 Å². The SMILES string of the molecule is Cc1cc(C)c(-c2csc(NC(=O)CCCOc3ccc(Cl)cc3C)n2)cc1C. The summed E-state index contributed by atoms with van der Waals surface area (Å²) < 4.78 is 5.74. The average molecular weight is 429 g/mol. The van der Waals surface area contributed by atoms with Crippen LogP contribution in [0.3, 0.4) is 0 Å². The molecule has 0 aliphatic heterocycles. The molecule has 1 heterocycles. The second kappa shape index (κ2) is 9.42. The molecule has 3 aromatic rings. The van der Waals surface area contributed by atoms with Gasteiger partial charge < -0.3 is 10.1 Å². The predicted molar refractivity (Wildman–Crippen MR) is 121 cm³/mol. The monoisotopic (exact) mass is 428 g/mol. The van der Waals surface area contributed by atoms with E-state index in [1.807, 2.05) is 24.4 Å². The van der Waals surface area contributed by atoms with E-state index >= 15 is 0 Å². The molecule has 0 unspecified atom stereocenters. The molecule has 3 rings (SSSR count). The van der Waals surface area contributed by atoms with Crippen molar-refractivity contribution in [3.63, 3.8) is 0 Å². The van der Waals surface area contributed by atoms with Crippen LogP contribution in [-0.2, 0) is 4.79 Å². The summed E-state index contributed by atoms with van der Waals surface area (Å²) in [5.41, 5.74) is 6.68. The number of anilines is 1. The summed E-state index contributed by atoms with van der Waals surface area (Å²) in [7, 11) is 0. The predicted octanol–water partition coefficient (Wildman–Crippen LogP) is 6.49. The lowest BCUT2D eigenvalue weighted by Crippen LogP contribution is -2.12. The normalized spacial score (nSPS) is 10.8. The maximum Gasteiger partial charge on any atom is 0.226 e. The van der Waals surface area contributed by atoms with Crippen molar-refractivity contribution >= 4 is 34.0 Å². The van der Waals surface area contributed by atoms with Crippen LogP contribution in [0.4, 0.5) is 5.13 Å². The van der Waals surface area contributed by atoms with Gasteiger partial charge in [-0.2, -0.15) is 0 Å². The Bertz CT molecular complexity index is 1030. The molecule has 1 aromatic heterocycles. The summed E-state index contributed by atoms with van der Waals surface area (Å²) >= 11 is 7.39. The van der Waals surface area contributed by atoms with Crippen molar-refractivity contribution in [3.05, 3.63) is 63.0 Å². The third-order valence-corrected chi connectivity index (χ3v) is 5.80. The van der Waals surface area contributed by atoms with Crippen molar-refractivity contribution in [2.24, 2.45) is 0 Å². The number of nitrogens with one attached hydrogen (secondary N) is 1. The van der Waals surface area contributed by atoms with E-state index in [0.717, 1.165) is 22.6 Å². The summed E-state index contributed by atoms with van der Waals surface area (Å²) in [5.74, 6) is 0.738. The molecule has 0 saturated carbocycles. The molecule has 1 amide bonds. The van der Waals surface area contributed by atoms with Gasteiger partial charge in [-0.15, -0.1) is 11.3 Å². The highest BCUT2D eigenvalue weighted by Crippen LogP contribution is 2.29. The van der Waals surface area contributed by atoms with Crippen molar-refractivity contribution in [3.8, 4) is 17.0 Å². The van der Waals surface area contributed by atoms with Crippen LogP contribution in [0.15, 0.2) is 35.7 Å². The molecular weight excluding hydrogens is 404 g/mol. The lowest BCUT2D eigenvalue weighted by Gasteiger charge is -2.09. The molecule has 0 bridgehead atoms. The van der Waals surface area contributed by atoms with E-state index in [0.29, 0.717) is 29.6 Å². The lowest BCUT2D eigenvalue weighted by atomic mass is 9.99. The number of thiazole rings is 1. The maximum atomic E-state index is 12.2. The topological polar surface area (TPSA) is 51.2 Å². The summed E-state index contributed by atoms with van der Waals surface area (Å²) in [6, 6.07) is 9.84. The number of rotatable bonds is 7. The molecule has 0 aliphatic carbocycles. The first-order valence-corrected chi connectivity index (χ1v) is 10.8. The molecule has 1 N–H and O–H groups in total. The number of carbonyl (C=O) groups excluding carboxylic acids is 1. The molecule has 0 aliphatic rings. The standard InChI is InChI=1S/C23H25ClN2O2S/c1-14-10-16(3)19(12-15(14)2)20-13-29-23(25-20)26-22(27)6-5-9-28-21-8-7-18(24)11-17(21)4/h7-8,10-13H,5-6,9H2,1-4H3,(H,25,26,27). The van der Waals surface area contributed by atoms with Gasteiger partial charge in [0.05, 0.1) is 12.3 Å². The molecule has 4 nitrogen and oxygen atoms in total. The Morgan fingerprint density at radius 2 is 1.83 bits per heavy atom. The zero-order valence-electron chi connectivity index (χ0n) is 17.1. The molecule has 0 fully saturated rings. The molecule has 29 heavy (non-hydrogen) atoms. The van der Waals surface area contributed by atoms with Gasteiger partial charge in [-0.25, -0.2) is 4.98 Å². The minimum absolute atomic E-state index is 0.0564. The summed E-state index contributed by atoms with van der Waals surface area (Å²) in [5, 5.41) is 6.19. The van der Waals surface area contributed by atoms with Gasteiger partial charge in [-0.3, -0.25) is 4.79 Å². The fraction of sp³-hybridized carbons (Fsp3) is 0.304. The minimum atomic E-state index is -0.0564. The van der Waals surface area contributed by atoms with Gasteiger partial charge >= 0.3 is 0 Å². The van der Waals surface area contributed by atoms with E-state index in [2.05, 4.69) is 43.2 Å². The second-order valence-corrected chi connectivity index (χ2v) is 8.49. The maximum absolute atomic E-state index is 12.2. The zero-order chi connectivity index (χ0) is 21.0. The molecule has 152 valence electrons. The number of nitrogens with zero attached hydrogens (tertiary/aromatic N) is 1. The van der Waals surface area contributed by atoms with E-state index in [1.165, 1.54) is 28.0 Å². The number of amides is 1. The number of hydrogen-bond donors (Lipinski definition) is 1. The molecule has 6 heteroatoms. The minimum Gasteiger partial charge on any atom is -0.493 e. The Morgan fingerprint density at radius 3 is 2.59 bits per heavy atom. The van der Waals surface area contributed by atoms with Gasteiger partial charge in [0.2, 0.25) is 5.91 Å². The molecule has 2 aromatic carbocycles. The van der Waals surface area contributed by atoms with Gasteiger partial charge in [0, 0.05) is 22.4 Å². The van der Waals surface area contributed by atoms with Crippen molar-refractivity contribution in [1.29, 1.82) is 0 Å². The number of aryl methyl sites for hydroxylation is 4. The highest BCUT2D eigenvalue weighted by atomic mass is 35.5. The Kier molecular flexibility index (Phi) is 6.93. The third kappa shape index (κ3) is 5.58. The quantitative estimate of drug-likeness (QED) is 0.437. The highest BCUT2D eigenvalue weighted by Gasteiger charge is 2.11. The van der Waals surface area contributed by atoms with Crippen LogP contribution < -0.4 is 10.1 Å². The first-order chi connectivity index (χ1) is 13.8. The summed E-state index contributed by atoms with van der Waals surface area (Å²) in [6.07, 6.45) is 1.01. The van der Waals surface area contributed by atoms with Crippen molar-refractivity contribution < 1.29 is 9.53 Å². The summed E-state index contributed by atoms with van der Waals surface area (Å²) in [4.78, 5) is 16.8. The molecule has 0 spiro atoms. The van der Waals surface area contributed by atoms with Crippen LogP contribution in [0.1, 0.15) is 35.1 Å². The number of aromatic nitrogens is 1. The summed E-state index contributed by atoms with van der Waals surface area (Å²) in [6.45, 7) is 8.71. The van der Waals surface area contributed by atoms with Crippen LogP contribution in [0.5, 0.6) is 5.75 Å².